The summed E-state index contributed by atoms with van der Waals surface area (Å²) in [5.41, 5.74) is 9.13. The average molecular weight is 326 g/mol. The fourth-order valence-electron chi connectivity index (χ4n) is 2.93. The number of ketones is 1. The van der Waals surface area contributed by atoms with Gasteiger partial charge in [-0.2, -0.15) is 5.10 Å². The molecule has 0 aliphatic carbocycles. The molecule has 1 saturated heterocycles. The van der Waals surface area contributed by atoms with E-state index in [1.54, 1.807) is 4.68 Å². The number of aromatic nitrogens is 4. The van der Waals surface area contributed by atoms with Gasteiger partial charge in [-0.05, 0) is 25.1 Å². The number of H-pyrrole nitrogens is 1. The van der Waals surface area contributed by atoms with Crippen LogP contribution in [0.1, 0.15) is 16.2 Å². The topological polar surface area (TPSA) is 111 Å². The van der Waals surface area contributed by atoms with Crippen molar-refractivity contribution in [2.24, 2.45) is 0 Å². The van der Waals surface area contributed by atoms with Crippen molar-refractivity contribution in [3.05, 3.63) is 35.8 Å². The molecule has 0 bridgehead atoms. The molecule has 1 unspecified atom stereocenters. The predicted octanol–water partition coefficient (Wildman–Crippen LogP) is 0.810. The second-order valence-electron chi connectivity index (χ2n) is 5.82. The standard InChI is InChI=1S/C16H18N6O2/c1-9-20-12-3-2-10(6-13(12)21-9)22-16(17)11(7-19-22)15(23)14-8-24-5-4-18-14/h2-3,6-7,14,18H,4-5,8,17H2,1H3,(H,20,21). The van der Waals surface area contributed by atoms with Crippen molar-refractivity contribution < 1.29 is 9.53 Å². The monoisotopic (exact) mass is 326 g/mol. The Morgan fingerprint density at radius 2 is 2.33 bits per heavy atom. The number of ether oxygens (including phenoxy) is 1. The van der Waals surface area contributed by atoms with E-state index in [2.05, 4.69) is 20.4 Å². The summed E-state index contributed by atoms with van der Waals surface area (Å²) in [6.07, 6.45) is 1.51. The summed E-state index contributed by atoms with van der Waals surface area (Å²) in [4.78, 5) is 20.1. The van der Waals surface area contributed by atoms with Gasteiger partial charge in [-0.15, -0.1) is 0 Å². The number of aryl methyl sites for hydroxylation is 1. The first-order valence-electron chi connectivity index (χ1n) is 7.79. The van der Waals surface area contributed by atoms with Crippen molar-refractivity contribution in [2.45, 2.75) is 13.0 Å². The van der Waals surface area contributed by atoms with Crippen LogP contribution in [0.3, 0.4) is 0 Å². The molecule has 0 spiro atoms. The van der Waals surface area contributed by atoms with E-state index in [1.807, 2.05) is 25.1 Å². The zero-order chi connectivity index (χ0) is 16.7. The van der Waals surface area contributed by atoms with Crippen LogP contribution in [0.2, 0.25) is 0 Å². The van der Waals surface area contributed by atoms with Crippen LogP contribution in [-0.4, -0.2) is 51.3 Å². The van der Waals surface area contributed by atoms with E-state index >= 15 is 0 Å². The molecule has 3 aromatic rings. The van der Waals surface area contributed by atoms with Crippen molar-refractivity contribution in [1.29, 1.82) is 0 Å². The highest BCUT2D eigenvalue weighted by molar-refractivity contribution is 6.03. The molecule has 0 radical (unpaired) electrons. The van der Waals surface area contributed by atoms with Crippen LogP contribution in [-0.2, 0) is 4.74 Å². The third-order valence-electron chi connectivity index (χ3n) is 4.14. The third-order valence-corrected chi connectivity index (χ3v) is 4.14. The lowest BCUT2D eigenvalue weighted by Gasteiger charge is -2.22. The van der Waals surface area contributed by atoms with Crippen LogP contribution in [0.15, 0.2) is 24.4 Å². The molecule has 4 N–H and O–H groups in total. The summed E-state index contributed by atoms with van der Waals surface area (Å²) in [5.74, 6) is 1.06. The number of Topliss-reactive ketones (excluding diaryl/α,β-unsaturated/α-hetero) is 1. The summed E-state index contributed by atoms with van der Waals surface area (Å²) in [5, 5.41) is 7.42. The van der Waals surface area contributed by atoms with Crippen LogP contribution in [0.25, 0.3) is 16.7 Å². The number of hydrogen-bond acceptors (Lipinski definition) is 6. The number of carbonyl (C=O) groups is 1. The highest BCUT2D eigenvalue weighted by Gasteiger charge is 2.26. The third kappa shape index (κ3) is 2.45. The second-order valence-corrected chi connectivity index (χ2v) is 5.82. The Labute approximate surface area is 138 Å². The summed E-state index contributed by atoms with van der Waals surface area (Å²) in [6, 6.07) is 5.31. The Hall–Kier alpha value is -2.71. The number of nitrogens with two attached hydrogens (primary N) is 1. The number of nitrogens with zero attached hydrogens (tertiary/aromatic N) is 3. The SMILES string of the molecule is Cc1nc2ccc(-n3ncc(C(=O)C4COCCN4)c3N)cc2[nH]1. The highest BCUT2D eigenvalue weighted by atomic mass is 16.5. The quantitative estimate of drug-likeness (QED) is 0.614. The van der Waals surface area contributed by atoms with E-state index < -0.39 is 0 Å². The minimum absolute atomic E-state index is 0.100. The maximum Gasteiger partial charge on any atom is 0.187 e. The van der Waals surface area contributed by atoms with Gasteiger partial charge in [0.05, 0.1) is 47.7 Å². The maximum atomic E-state index is 12.6. The number of benzene rings is 1. The number of aromatic amines is 1. The van der Waals surface area contributed by atoms with E-state index in [0.717, 1.165) is 22.5 Å². The smallest absolute Gasteiger partial charge is 0.187 e. The number of rotatable bonds is 3. The zero-order valence-electron chi connectivity index (χ0n) is 13.2. The van der Waals surface area contributed by atoms with E-state index in [0.29, 0.717) is 31.1 Å². The molecule has 24 heavy (non-hydrogen) atoms. The number of nitrogens with one attached hydrogen (secondary N) is 2. The molecule has 4 rings (SSSR count). The number of anilines is 1. The molecule has 0 saturated carbocycles. The molecular weight excluding hydrogens is 308 g/mol. The molecule has 124 valence electrons. The van der Waals surface area contributed by atoms with Gasteiger partial charge >= 0.3 is 0 Å². The second kappa shape index (κ2) is 5.73. The molecule has 8 nitrogen and oxygen atoms in total. The Kier molecular flexibility index (Phi) is 3.55. The number of carbonyl (C=O) groups excluding carboxylic acids is 1. The molecule has 1 aliphatic heterocycles. The van der Waals surface area contributed by atoms with Crippen LogP contribution >= 0.6 is 0 Å². The number of imidazole rings is 1. The zero-order valence-corrected chi connectivity index (χ0v) is 13.2. The fraction of sp³-hybridized carbons (Fsp3) is 0.312. The minimum Gasteiger partial charge on any atom is -0.383 e. The minimum atomic E-state index is -0.378. The van der Waals surface area contributed by atoms with E-state index in [-0.39, 0.29) is 11.8 Å². The molecule has 1 aliphatic rings. The van der Waals surface area contributed by atoms with Crippen LogP contribution < -0.4 is 11.1 Å². The van der Waals surface area contributed by atoms with Gasteiger partial charge in [-0.3, -0.25) is 4.79 Å². The van der Waals surface area contributed by atoms with Crippen molar-refractivity contribution in [3.8, 4) is 5.69 Å². The van der Waals surface area contributed by atoms with Crippen molar-refractivity contribution in [2.75, 3.05) is 25.5 Å². The molecule has 2 aromatic heterocycles. The Morgan fingerprint density at radius 3 is 3.12 bits per heavy atom. The van der Waals surface area contributed by atoms with E-state index in [4.69, 9.17) is 10.5 Å². The normalized spacial score (nSPS) is 18.1. The Bertz CT molecular complexity index is 907. The first-order chi connectivity index (χ1) is 11.6. The fourth-order valence-corrected chi connectivity index (χ4v) is 2.93. The number of morpholine rings is 1. The first-order valence-corrected chi connectivity index (χ1v) is 7.79. The molecule has 3 heterocycles. The largest absolute Gasteiger partial charge is 0.383 e. The van der Waals surface area contributed by atoms with Crippen molar-refractivity contribution >= 4 is 22.6 Å². The van der Waals surface area contributed by atoms with Gasteiger partial charge in [-0.25, -0.2) is 9.67 Å². The summed E-state index contributed by atoms with van der Waals surface area (Å²) in [6.45, 7) is 3.52. The molecule has 1 aromatic carbocycles. The summed E-state index contributed by atoms with van der Waals surface area (Å²) in [7, 11) is 0. The van der Waals surface area contributed by atoms with E-state index in [9.17, 15) is 4.79 Å². The van der Waals surface area contributed by atoms with Gasteiger partial charge < -0.3 is 20.8 Å². The van der Waals surface area contributed by atoms with Gasteiger partial charge in [0.15, 0.2) is 5.78 Å². The maximum absolute atomic E-state index is 12.6. The van der Waals surface area contributed by atoms with E-state index in [1.165, 1.54) is 6.20 Å². The molecular formula is C16H18N6O2. The summed E-state index contributed by atoms with van der Waals surface area (Å²) >= 11 is 0. The van der Waals surface area contributed by atoms with Crippen LogP contribution in [0.5, 0.6) is 0 Å². The highest BCUT2D eigenvalue weighted by Crippen LogP contribution is 2.22. The van der Waals surface area contributed by atoms with Crippen LogP contribution in [0, 0.1) is 6.92 Å². The lowest BCUT2D eigenvalue weighted by atomic mass is 10.1. The Balaban J connectivity index is 1.68. The van der Waals surface area contributed by atoms with Gasteiger partial charge in [0, 0.05) is 6.54 Å². The van der Waals surface area contributed by atoms with Crippen molar-refractivity contribution in [1.82, 2.24) is 25.1 Å². The lowest BCUT2D eigenvalue weighted by molar-refractivity contribution is 0.0608. The Morgan fingerprint density at radius 1 is 1.46 bits per heavy atom. The predicted molar refractivity (Wildman–Crippen MR) is 89.3 cm³/mol. The van der Waals surface area contributed by atoms with Crippen LogP contribution in [0.4, 0.5) is 5.82 Å². The lowest BCUT2D eigenvalue weighted by Crippen LogP contribution is -2.46. The van der Waals surface area contributed by atoms with Crippen molar-refractivity contribution in [3.63, 3.8) is 0 Å². The first kappa shape index (κ1) is 14.9. The van der Waals surface area contributed by atoms with Gasteiger partial charge in [0.1, 0.15) is 11.6 Å². The number of fused-ring (bicyclic) bond motifs is 1. The molecule has 1 fully saturated rings. The number of hydrogen-bond donors (Lipinski definition) is 3. The van der Waals surface area contributed by atoms with Gasteiger partial charge in [0.2, 0.25) is 0 Å². The number of nitrogen functional groups attached to an aromatic ring is 1. The molecule has 8 heteroatoms. The van der Waals surface area contributed by atoms with Gasteiger partial charge in [0.25, 0.3) is 0 Å². The molecule has 0 amide bonds. The average Bonchev–Trinajstić information content (AvgIpc) is 3.16. The van der Waals surface area contributed by atoms with Gasteiger partial charge in [-0.1, -0.05) is 0 Å². The molecule has 1 atom stereocenters. The summed E-state index contributed by atoms with van der Waals surface area (Å²) < 4.78 is 6.91.